The third-order valence-electron chi connectivity index (χ3n) is 7.38. The Balaban J connectivity index is 1.29. The SMILES string of the molecule is C=CC(=O)Nc1cc2c(Nc3ccnc(-c4ccccc4F)c3)ncnc2cc1O[C@@H]1CCN(C2CN(C)C2)C1. The lowest BCUT2D eigenvalue weighted by Gasteiger charge is -2.41. The fraction of sp³-hybridized carbons (Fsp3) is 0.267. The van der Waals surface area contributed by atoms with E-state index in [1.807, 2.05) is 6.07 Å². The minimum atomic E-state index is -0.347. The molecule has 2 fully saturated rings. The molecule has 4 heterocycles. The zero-order valence-corrected chi connectivity index (χ0v) is 22.2. The molecule has 40 heavy (non-hydrogen) atoms. The van der Waals surface area contributed by atoms with Gasteiger partial charge in [0, 0.05) is 61.1 Å². The van der Waals surface area contributed by atoms with Gasteiger partial charge in [-0.05, 0) is 49.9 Å². The van der Waals surface area contributed by atoms with E-state index in [4.69, 9.17) is 4.74 Å². The first kappa shape index (κ1) is 25.8. The van der Waals surface area contributed by atoms with Crippen LogP contribution in [0.25, 0.3) is 22.2 Å². The monoisotopic (exact) mass is 539 g/mol. The maximum atomic E-state index is 14.4. The maximum absolute atomic E-state index is 14.4. The van der Waals surface area contributed by atoms with Crippen LogP contribution >= 0.6 is 0 Å². The lowest BCUT2D eigenvalue weighted by molar-refractivity contribution is -0.111. The van der Waals surface area contributed by atoms with Crippen LogP contribution in [0.1, 0.15) is 6.42 Å². The summed E-state index contributed by atoms with van der Waals surface area (Å²) in [6.45, 7) is 7.57. The predicted molar refractivity (Wildman–Crippen MR) is 153 cm³/mol. The van der Waals surface area contributed by atoms with Crippen LogP contribution in [0.4, 0.5) is 21.6 Å². The average Bonchev–Trinajstić information content (AvgIpc) is 3.40. The summed E-state index contributed by atoms with van der Waals surface area (Å²) < 4.78 is 20.8. The maximum Gasteiger partial charge on any atom is 0.247 e. The van der Waals surface area contributed by atoms with Gasteiger partial charge in [-0.25, -0.2) is 14.4 Å². The van der Waals surface area contributed by atoms with Gasteiger partial charge in [-0.15, -0.1) is 0 Å². The van der Waals surface area contributed by atoms with Gasteiger partial charge in [-0.1, -0.05) is 18.7 Å². The first-order valence-electron chi connectivity index (χ1n) is 13.3. The lowest BCUT2D eigenvalue weighted by atomic mass is 10.1. The number of likely N-dealkylation sites (tertiary alicyclic amines) is 2. The third-order valence-corrected chi connectivity index (χ3v) is 7.38. The molecule has 2 saturated heterocycles. The highest BCUT2D eigenvalue weighted by Gasteiger charge is 2.35. The number of ether oxygens (including phenoxy) is 1. The second-order valence-corrected chi connectivity index (χ2v) is 10.2. The van der Waals surface area contributed by atoms with Crippen molar-refractivity contribution >= 4 is 34.0 Å². The topological polar surface area (TPSA) is 95.5 Å². The molecule has 0 bridgehead atoms. The molecule has 1 amide bonds. The van der Waals surface area contributed by atoms with Crippen molar-refractivity contribution in [2.75, 3.05) is 43.9 Å². The molecule has 2 N–H and O–H groups in total. The predicted octanol–water partition coefficient (Wildman–Crippen LogP) is 4.47. The molecule has 4 aromatic rings. The Bertz CT molecular complexity index is 1570. The van der Waals surface area contributed by atoms with Gasteiger partial charge < -0.3 is 20.3 Å². The van der Waals surface area contributed by atoms with Crippen molar-refractivity contribution in [3.05, 3.63) is 79.5 Å². The van der Waals surface area contributed by atoms with E-state index in [1.165, 1.54) is 18.5 Å². The highest BCUT2D eigenvalue weighted by Crippen LogP contribution is 2.35. The van der Waals surface area contributed by atoms with Crippen LogP contribution in [0.5, 0.6) is 5.75 Å². The van der Waals surface area contributed by atoms with Crippen molar-refractivity contribution in [1.29, 1.82) is 0 Å². The number of halogens is 1. The van der Waals surface area contributed by atoms with Crippen molar-refractivity contribution in [2.24, 2.45) is 0 Å². The second kappa shape index (κ2) is 11.0. The molecule has 1 atom stereocenters. The second-order valence-electron chi connectivity index (χ2n) is 10.2. The number of hydrogen-bond donors (Lipinski definition) is 2. The summed E-state index contributed by atoms with van der Waals surface area (Å²) in [5.74, 6) is 0.387. The summed E-state index contributed by atoms with van der Waals surface area (Å²) in [5.41, 5.74) is 2.75. The molecular weight excluding hydrogens is 509 g/mol. The molecular formula is C30H30FN7O2. The zero-order valence-electron chi connectivity index (χ0n) is 22.2. The quantitative estimate of drug-likeness (QED) is 0.317. The van der Waals surface area contributed by atoms with E-state index < -0.39 is 0 Å². The molecule has 0 unspecified atom stereocenters. The number of anilines is 3. The van der Waals surface area contributed by atoms with Gasteiger partial charge in [0.25, 0.3) is 0 Å². The summed E-state index contributed by atoms with van der Waals surface area (Å²) in [4.78, 5) is 30.3. The van der Waals surface area contributed by atoms with Crippen molar-refractivity contribution in [3.8, 4) is 17.0 Å². The highest BCUT2D eigenvalue weighted by atomic mass is 19.1. The Morgan fingerprint density at radius 1 is 1.12 bits per heavy atom. The number of fused-ring (bicyclic) bond motifs is 1. The number of benzene rings is 2. The fourth-order valence-electron chi connectivity index (χ4n) is 5.28. The summed E-state index contributed by atoms with van der Waals surface area (Å²) in [6.07, 6.45) is 5.23. The van der Waals surface area contributed by atoms with Crippen LogP contribution in [0.2, 0.25) is 0 Å². The molecule has 9 nitrogen and oxygen atoms in total. The molecule has 0 radical (unpaired) electrons. The Labute approximate surface area is 231 Å². The minimum absolute atomic E-state index is 0.00999. The van der Waals surface area contributed by atoms with Gasteiger partial charge >= 0.3 is 0 Å². The van der Waals surface area contributed by atoms with Crippen molar-refractivity contribution in [1.82, 2.24) is 24.8 Å². The van der Waals surface area contributed by atoms with E-state index in [1.54, 1.807) is 42.6 Å². The molecule has 0 aliphatic carbocycles. The van der Waals surface area contributed by atoms with E-state index in [0.717, 1.165) is 32.6 Å². The van der Waals surface area contributed by atoms with E-state index in [2.05, 4.69) is 49.0 Å². The van der Waals surface area contributed by atoms with Crippen molar-refractivity contribution in [2.45, 2.75) is 18.6 Å². The van der Waals surface area contributed by atoms with Crippen LogP contribution in [-0.2, 0) is 4.79 Å². The van der Waals surface area contributed by atoms with Gasteiger partial charge in [0.05, 0.1) is 16.9 Å². The van der Waals surface area contributed by atoms with E-state index in [0.29, 0.717) is 51.1 Å². The number of hydrogen-bond acceptors (Lipinski definition) is 8. The van der Waals surface area contributed by atoms with Gasteiger partial charge in [0.2, 0.25) is 5.91 Å². The molecule has 6 rings (SSSR count). The Morgan fingerprint density at radius 3 is 2.77 bits per heavy atom. The smallest absolute Gasteiger partial charge is 0.247 e. The summed E-state index contributed by atoms with van der Waals surface area (Å²) in [6, 6.07) is 14.3. The number of likely N-dealkylation sites (N-methyl/N-ethyl adjacent to an activating group) is 1. The first-order chi connectivity index (χ1) is 19.5. The van der Waals surface area contributed by atoms with E-state index >= 15 is 0 Å². The van der Waals surface area contributed by atoms with Crippen LogP contribution in [0.15, 0.2) is 73.7 Å². The van der Waals surface area contributed by atoms with E-state index in [-0.39, 0.29) is 17.8 Å². The third kappa shape index (κ3) is 5.36. The molecule has 204 valence electrons. The summed E-state index contributed by atoms with van der Waals surface area (Å²) >= 11 is 0. The molecule has 2 aliphatic heterocycles. The van der Waals surface area contributed by atoms with Crippen molar-refractivity contribution < 1.29 is 13.9 Å². The number of rotatable bonds is 8. The Hall–Kier alpha value is -4.41. The standard InChI is InChI=1S/C30H30FN7O2/c1-3-29(39)36-27-13-23-26(14-28(27)40-21-9-11-38(17-21)20-15-37(2)16-20)33-18-34-30(23)35-19-8-10-32-25(12-19)22-6-4-5-7-24(22)31/h3-8,10,12-14,18,20-21H,1,9,11,15-17H2,2H3,(H,36,39)(H,32,33,34,35)/t21-/m1/s1. The molecule has 2 aromatic heterocycles. The normalized spacial score (nSPS) is 17.9. The van der Waals surface area contributed by atoms with Crippen LogP contribution in [-0.4, -0.2) is 76.0 Å². The lowest BCUT2D eigenvalue weighted by Crippen LogP contribution is -2.57. The number of carbonyl (C=O) groups is 1. The molecule has 0 spiro atoms. The molecule has 10 heteroatoms. The van der Waals surface area contributed by atoms with Crippen LogP contribution in [0, 0.1) is 5.82 Å². The Kier molecular flexibility index (Phi) is 7.10. The van der Waals surface area contributed by atoms with Gasteiger partial charge in [0.1, 0.15) is 29.8 Å². The van der Waals surface area contributed by atoms with Gasteiger partial charge in [0.15, 0.2) is 0 Å². The minimum Gasteiger partial charge on any atom is -0.487 e. The average molecular weight is 540 g/mol. The molecule has 2 aromatic carbocycles. The number of carbonyl (C=O) groups excluding carboxylic acids is 1. The highest BCUT2D eigenvalue weighted by molar-refractivity contribution is 6.03. The molecule has 0 saturated carbocycles. The summed E-state index contributed by atoms with van der Waals surface area (Å²) in [5, 5.41) is 6.86. The number of nitrogens with one attached hydrogen (secondary N) is 2. The largest absolute Gasteiger partial charge is 0.487 e. The Morgan fingerprint density at radius 2 is 1.98 bits per heavy atom. The number of amides is 1. The fourth-order valence-corrected chi connectivity index (χ4v) is 5.28. The molecule has 2 aliphatic rings. The van der Waals surface area contributed by atoms with E-state index in [9.17, 15) is 9.18 Å². The van der Waals surface area contributed by atoms with Crippen LogP contribution < -0.4 is 15.4 Å². The number of pyridine rings is 1. The number of aromatic nitrogens is 3. The van der Waals surface area contributed by atoms with Crippen LogP contribution in [0.3, 0.4) is 0 Å². The zero-order chi connectivity index (χ0) is 27.6. The first-order valence-corrected chi connectivity index (χ1v) is 13.3. The van der Waals surface area contributed by atoms with Gasteiger partial charge in [-0.2, -0.15) is 0 Å². The number of nitrogens with zero attached hydrogens (tertiary/aromatic N) is 5. The van der Waals surface area contributed by atoms with Gasteiger partial charge in [-0.3, -0.25) is 14.7 Å². The summed E-state index contributed by atoms with van der Waals surface area (Å²) in [7, 11) is 2.13. The van der Waals surface area contributed by atoms with Crippen molar-refractivity contribution in [3.63, 3.8) is 0 Å².